The van der Waals surface area contributed by atoms with E-state index in [2.05, 4.69) is 5.32 Å². The van der Waals surface area contributed by atoms with E-state index in [1.54, 1.807) is 43.3 Å². The smallest absolute Gasteiger partial charge is 0.343 e. The molecule has 0 unspecified atom stereocenters. The van der Waals surface area contributed by atoms with Gasteiger partial charge in [-0.05, 0) is 31.2 Å². The van der Waals surface area contributed by atoms with Crippen LogP contribution in [0.3, 0.4) is 0 Å². The quantitative estimate of drug-likeness (QED) is 0.362. The number of aryl methyl sites for hydroxylation is 1. The first-order valence-corrected chi connectivity index (χ1v) is 11.6. The number of methoxy groups -OCH3 is 3. The van der Waals surface area contributed by atoms with Crippen molar-refractivity contribution < 1.29 is 33.3 Å². The van der Waals surface area contributed by atoms with Crippen LogP contribution in [0.1, 0.15) is 39.6 Å². The first-order chi connectivity index (χ1) is 18.0. The maximum absolute atomic E-state index is 13.3. The summed E-state index contributed by atoms with van der Waals surface area (Å²) in [6.07, 6.45) is -0.297. The Labute approximate surface area is 219 Å². The second kappa shape index (κ2) is 11.6. The molecule has 1 atom stereocenters. The summed E-state index contributed by atoms with van der Waals surface area (Å²) in [6, 6.07) is 9.28. The summed E-state index contributed by atoms with van der Waals surface area (Å²) >= 11 is 0. The number of nitrogens with two attached hydrogens (primary N) is 1. The van der Waals surface area contributed by atoms with Crippen LogP contribution >= 0.6 is 0 Å². The number of aromatic hydroxyl groups is 1. The molecule has 0 bridgehead atoms. The minimum absolute atomic E-state index is 0.128. The Morgan fingerprint density at radius 1 is 1.05 bits per heavy atom. The van der Waals surface area contributed by atoms with Gasteiger partial charge in [0.25, 0.3) is 5.91 Å². The predicted molar refractivity (Wildman–Crippen MR) is 142 cm³/mol. The molecule has 0 aliphatic rings. The van der Waals surface area contributed by atoms with Gasteiger partial charge in [0.15, 0.2) is 11.5 Å². The lowest BCUT2D eigenvalue weighted by Crippen LogP contribution is -2.22. The molecule has 202 valence electrons. The van der Waals surface area contributed by atoms with Crippen molar-refractivity contribution in [1.29, 1.82) is 0 Å². The molecule has 2 aromatic carbocycles. The number of anilines is 2. The molecular formula is C27H31N3O8. The van der Waals surface area contributed by atoms with E-state index >= 15 is 0 Å². The fourth-order valence-corrected chi connectivity index (χ4v) is 4.29. The minimum Gasteiger partial charge on any atom is -0.507 e. The largest absolute Gasteiger partial charge is 0.507 e. The van der Waals surface area contributed by atoms with Gasteiger partial charge in [0.05, 0.1) is 32.5 Å². The summed E-state index contributed by atoms with van der Waals surface area (Å²) < 4.78 is 21.6. The number of nitrogens with one attached hydrogen (secondary N) is 1. The number of carbonyl (C=O) groups excluding carboxylic acids is 2. The molecule has 38 heavy (non-hydrogen) atoms. The van der Waals surface area contributed by atoms with Gasteiger partial charge in [-0.15, -0.1) is 0 Å². The first kappa shape index (κ1) is 27.9. The molecule has 3 aromatic rings. The number of benzene rings is 2. The zero-order chi connectivity index (χ0) is 28.1. The highest BCUT2D eigenvalue weighted by atomic mass is 16.5. The molecule has 0 aliphatic carbocycles. The highest BCUT2D eigenvalue weighted by Crippen LogP contribution is 2.46. The van der Waals surface area contributed by atoms with E-state index in [1.165, 1.54) is 40.4 Å². The molecule has 1 heterocycles. The second-order valence-corrected chi connectivity index (χ2v) is 8.66. The van der Waals surface area contributed by atoms with Crippen molar-refractivity contribution >= 4 is 23.2 Å². The van der Waals surface area contributed by atoms with Crippen LogP contribution in [0.15, 0.2) is 45.6 Å². The van der Waals surface area contributed by atoms with E-state index in [0.717, 1.165) is 0 Å². The summed E-state index contributed by atoms with van der Waals surface area (Å²) in [4.78, 5) is 39.9. The predicted octanol–water partition coefficient (Wildman–Crippen LogP) is 3.01. The number of hydrogen-bond acceptors (Lipinski definition) is 9. The van der Waals surface area contributed by atoms with Gasteiger partial charge in [-0.3, -0.25) is 9.59 Å². The standard InChI is InChI=1S/C27H31N3O8/c1-14-11-20(31)23(27(34)38-14)17(16-8-10-21(35-4)25(37-6)24(16)36-5)13-22(32)29-15-7-9-19(30(2)3)18(12-15)26(28)33/h7-12,17,31H,13H2,1-6H3,(H2,28,33)(H,29,32)/t17-/m1/s1. The lowest BCUT2D eigenvalue weighted by Gasteiger charge is -2.23. The second-order valence-electron chi connectivity index (χ2n) is 8.66. The number of hydrogen-bond donors (Lipinski definition) is 3. The van der Waals surface area contributed by atoms with Crippen molar-refractivity contribution in [3.05, 3.63) is 69.3 Å². The molecule has 0 saturated carbocycles. The molecule has 11 heteroatoms. The van der Waals surface area contributed by atoms with Gasteiger partial charge in [-0.2, -0.15) is 0 Å². The van der Waals surface area contributed by atoms with Crippen molar-refractivity contribution in [2.45, 2.75) is 19.3 Å². The fourth-order valence-electron chi connectivity index (χ4n) is 4.29. The van der Waals surface area contributed by atoms with Crippen LogP contribution in [0, 0.1) is 6.92 Å². The van der Waals surface area contributed by atoms with Gasteiger partial charge in [0.1, 0.15) is 11.5 Å². The summed E-state index contributed by atoms with van der Waals surface area (Å²) in [5.74, 6) is -1.46. The zero-order valence-corrected chi connectivity index (χ0v) is 22.1. The van der Waals surface area contributed by atoms with Gasteiger partial charge in [-0.25, -0.2) is 4.79 Å². The summed E-state index contributed by atoms with van der Waals surface area (Å²) in [5, 5.41) is 13.5. The Morgan fingerprint density at radius 3 is 2.29 bits per heavy atom. The Kier molecular flexibility index (Phi) is 8.51. The average Bonchev–Trinajstić information content (AvgIpc) is 2.86. The third-order valence-electron chi connectivity index (χ3n) is 5.97. The molecule has 3 rings (SSSR count). The number of rotatable bonds is 10. The monoisotopic (exact) mass is 525 g/mol. The van der Waals surface area contributed by atoms with Crippen molar-refractivity contribution in [3.63, 3.8) is 0 Å². The van der Waals surface area contributed by atoms with Crippen LogP contribution in [-0.2, 0) is 4.79 Å². The van der Waals surface area contributed by atoms with Gasteiger partial charge in [0.2, 0.25) is 11.7 Å². The third-order valence-corrected chi connectivity index (χ3v) is 5.97. The van der Waals surface area contributed by atoms with Gasteiger partial charge >= 0.3 is 5.63 Å². The number of ether oxygens (including phenoxy) is 3. The Hall–Kier alpha value is -4.67. The normalized spacial score (nSPS) is 11.4. The molecule has 2 amide bonds. The van der Waals surface area contributed by atoms with Crippen LogP contribution in [0.2, 0.25) is 0 Å². The number of amides is 2. The topological polar surface area (TPSA) is 154 Å². The van der Waals surface area contributed by atoms with E-state index in [-0.39, 0.29) is 40.6 Å². The van der Waals surface area contributed by atoms with E-state index in [0.29, 0.717) is 22.7 Å². The maximum Gasteiger partial charge on any atom is 0.343 e. The number of primary amides is 1. The number of carbonyl (C=O) groups is 2. The van der Waals surface area contributed by atoms with Crippen LogP contribution in [0.25, 0.3) is 0 Å². The van der Waals surface area contributed by atoms with Crippen LogP contribution < -0.4 is 35.8 Å². The minimum atomic E-state index is -1.00. The molecule has 0 aliphatic heterocycles. The summed E-state index contributed by atoms with van der Waals surface area (Å²) in [5.41, 5.74) is 6.12. The van der Waals surface area contributed by atoms with E-state index in [4.69, 9.17) is 24.4 Å². The van der Waals surface area contributed by atoms with E-state index < -0.39 is 23.4 Å². The summed E-state index contributed by atoms with van der Waals surface area (Å²) in [6.45, 7) is 1.53. The molecule has 11 nitrogen and oxygen atoms in total. The Bertz CT molecular complexity index is 1410. The van der Waals surface area contributed by atoms with Crippen LogP contribution in [0.5, 0.6) is 23.0 Å². The van der Waals surface area contributed by atoms with Crippen molar-refractivity contribution in [2.75, 3.05) is 45.6 Å². The lowest BCUT2D eigenvalue weighted by atomic mass is 9.87. The molecule has 0 radical (unpaired) electrons. The lowest BCUT2D eigenvalue weighted by molar-refractivity contribution is -0.116. The highest BCUT2D eigenvalue weighted by molar-refractivity contribution is 6.01. The van der Waals surface area contributed by atoms with Crippen LogP contribution in [0.4, 0.5) is 11.4 Å². The van der Waals surface area contributed by atoms with Crippen molar-refractivity contribution in [3.8, 4) is 23.0 Å². The zero-order valence-electron chi connectivity index (χ0n) is 22.1. The maximum atomic E-state index is 13.3. The average molecular weight is 526 g/mol. The summed E-state index contributed by atoms with van der Waals surface area (Å²) in [7, 11) is 7.83. The Balaban J connectivity index is 2.10. The molecular weight excluding hydrogens is 494 g/mol. The SMILES string of the molecule is COc1ccc([C@@H](CC(=O)Nc2ccc(N(C)C)c(C(N)=O)c2)c2c(O)cc(C)oc2=O)c(OC)c1OC. The van der Waals surface area contributed by atoms with Gasteiger partial charge in [0, 0.05) is 49.4 Å². The van der Waals surface area contributed by atoms with Crippen LogP contribution in [-0.4, -0.2) is 52.3 Å². The van der Waals surface area contributed by atoms with Gasteiger partial charge < -0.3 is 39.7 Å². The van der Waals surface area contributed by atoms with Gasteiger partial charge in [-0.1, -0.05) is 6.07 Å². The molecule has 4 N–H and O–H groups in total. The first-order valence-electron chi connectivity index (χ1n) is 11.6. The van der Waals surface area contributed by atoms with E-state index in [1.807, 2.05) is 0 Å². The molecule has 0 saturated heterocycles. The fraction of sp³-hybridized carbons (Fsp3) is 0.296. The van der Waals surface area contributed by atoms with E-state index in [9.17, 15) is 19.5 Å². The third kappa shape index (κ3) is 5.66. The van der Waals surface area contributed by atoms with Crippen molar-refractivity contribution in [1.82, 2.24) is 0 Å². The van der Waals surface area contributed by atoms with Crippen molar-refractivity contribution in [2.24, 2.45) is 5.73 Å². The molecule has 1 aromatic heterocycles. The molecule has 0 spiro atoms. The molecule has 0 fully saturated rings. The Morgan fingerprint density at radius 2 is 1.74 bits per heavy atom. The number of nitrogens with zero attached hydrogens (tertiary/aromatic N) is 1. The highest BCUT2D eigenvalue weighted by Gasteiger charge is 2.31.